The standard InChI is InChI=1S/C8H6N2OS/c11-5-10-8-4-6-7(12-8)2-1-3-9-6/h1-5H,(H,10,11). The molecule has 2 aromatic heterocycles. The topological polar surface area (TPSA) is 42.0 Å². The van der Waals surface area contributed by atoms with Crippen LogP contribution in [0.4, 0.5) is 5.00 Å². The second-order valence-corrected chi connectivity index (χ2v) is 3.34. The summed E-state index contributed by atoms with van der Waals surface area (Å²) in [6.07, 6.45) is 2.41. The van der Waals surface area contributed by atoms with Crippen LogP contribution in [0.1, 0.15) is 0 Å². The van der Waals surface area contributed by atoms with E-state index in [1.54, 1.807) is 6.20 Å². The average Bonchev–Trinajstić information content (AvgIpc) is 2.47. The van der Waals surface area contributed by atoms with Crippen molar-refractivity contribution >= 4 is 33.0 Å². The van der Waals surface area contributed by atoms with Gasteiger partial charge >= 0.3 is 0 Å². The molecule has 0 aliphatic rings. The molecule has 0 aliphatic carbocycles. The molecule has 2 aromatic rings. The molecule has 0 atom stereocenters. The highest BCUT2D eigenvalue weighted by Gasteiger charge is 1.99. The first-order chi connectivity index (χ1) is 5.90. The van der Waals surface area contributed by atoms with Crippen LogP contribution < -0.4 is 5.32 Å². The summed E-state index contributed by atoms with van der Waals surface area (Å²) in [5.41, 5.74) is 0.923. The van der Waals surface area contributed by atoms with E-state index in [-0.39, 0.29) is 0 Å². The molecule has 3 nitrogen and oxygen atoms in total. The first-order valence-electron chi connectivity index (χ1n) is 3.45. The third kappa shape index (κ3) is 1.16. The smallest absolute Gasteiger partial charge is 0.212 e. The van der Waals surface area contributed by atoms with Crippen LogP contribution in [0.2, 0.25) is 0 Å². The van der Waals surface area contributed by atoms with E-state index in [9.17, 15) is 4.79 Å². The van der Waals surface area contributed by atoms with Crippen LogP contribution in [0.25, 0.3) is 10.2 Å². The highest BCUT2D eigenvalue weighted by atomic mass is 32.1. The van der Waals surface area contributed by atoms with Gasteiger partial charge in [0.1, 0.15) is 0 Å². The van der Waals surface area contributed by atoms with Gasteiger partial charge in [-0.05, 0) is 18.2 Å². The van der Waals surface area contributed by atoms with E-state index in [0.29, 0.717) is 6.41 Å². The first-order valence-corrected chi connectivity index (χ1v) is 4.26. The number of hydrogen-bond donors (Lipinski definition) is 1. The number of pyridine rings is 1. The van der Waals surface area contributed by atoms with Gasteiger partial charge in [0.15, 0.2) is 0 Å². The van der Waals surface area contributed by atoms with Crippen molar-refractivity contribution in [3.8, 4) is 0 Å². The maximum Gasteiger partial charge on any atom is 0.212 e. The summed E-state index contributed by atoms with van der Waals surface area (Å²) in [4.78, 5) is 14.3. The lowest BCUT2D eigenvalue weighted by Crippen LogP contribution is -1.88. The molecule has 0 saturated heterocycles. The third-order valence-electron chi connectivity index (χ3n) is 1.49. The molecule has 0 radical (unpaired) electrons. The fraction of sp³-hybridized carbons (Fsp3) is 0. The van der Waals surface area contributed by atoms with Crippen LogP contribution in [-0.2, 0) is 4.79 Å². The lowest BCUT2D eigenvalue weighted by Gasteiger charge is -1.85. The maximum absolute atomic E-state index is 10.1. The van der Waals surface area contributed by atoms with Crippen molar-refractivity contribution < 1.29 is 4.79 Å². The van der Waals surface area contributed by atoms with Gasteiger partial charge < -0.3 is 5.32 Å². The SMILES string of the molecule is O=CNc1cc2ncccc2s1. The Hall–Kier alpha value is -1.42. The second-order valence-electron chi connectivity index (χ2n) is 2.26. The van der Waals surface area contributed by atoms with Crippen LogP contribution in [0.15, 0.2) is 24.4 Å². The number of fused-ring (bicyclic) bond motifs is 1. The van der Waals surface area contributed by atoms with Crippen molar-refractivity contribution in [3.05, 3.63) is 24.4 Å². The third-order valence-corrected chi connectivity index (χ3v) is 2.51. The van der Waals surface area contributed by atoms with E-state index in [0.717, 1.165) is 15.2 Å². The van der Waals surface area contributed by atoms with Gasteiger partial charge in [0, 0.05) is 6.20 Å². The molecular formula is C8H6N2OS. The fourth-order valence-corrected chi connectivity index (χ4v) is 1.88. The van der Waals surface area contributed by atoms with E-state index in [1.807, 2.05) is 18.2 Å². The molecule has 0 aliphatic heterocycles. The number of hydrogen-bond acceptors (Lipinski definition) is 3. The molecular weight excluding hydrogens is 172 g/mol. The van der Waals surface area contributed by atoms with Crippen molar-refractivity contribution in [1.29, 1.82) is 0 Å². The molecule has 0 fully saturated rings. The molecule has 1 amide bonds. The predicted octanol–water partition coefficient (Wildman–Crippen LogP) is 1.86. The summed E-state index contributed by atoms with van der Waals surface area (Å²) in [5.74, 6) is 0. The highest BCUT2D eigenvalue weighted by Crippen LogP contribution is 2.27. The molecule has 0 aromatic carbocycles. The number of amides is 1. The zero-order valence-electron chi connectivity index (χ0n) is 6.15. The van der Waals surface area contributed by atoms with Crippen molar-refractivity contribution in [2.45, 2.75) is 0 Å². The van der Waals surface area contributed by atoms with Gasteiger partial charge in [-0.1, -0.05) is 0 Å². The van der Waals surface area contributed by atoms with Crippen LogP contribution >= 0.6 is 11.3 Å². The van der Waals surface area contributed by atoms with Crippen LogP contribution in [0, 0.1) is 0 Å². The normalized spacial score (nSPS) is 10.0. The van der Waals surface area contributed by atoms with Gasteiger partial charge in [0.25, 0.3) is 0 Å². The van der Waals surface area contributed by atoms with E-state index in [4.69, 9.17) is 0 Å². The van der Waals surface area contributed by atoms with Crippen molar-refractivity contribution in [2.24, 2.45) is 0 Å². The minimum atomic E-state index is 0.671. The number of rotatable bonds is 2. The van der Waals surface area contributed by atoms with Crippen LogP contribution in [-0.4, -0.2) is 11.4 Å². The Morgan fingerprint density at radius 2 is 2.50 bits per heavy atom. The van der Waals surface area contributed by atoms with E-state index < -0.39 is 0 Å². The van der Waals surface area contributed by atoms with Gasteiger partial charge in [-0.2, -0.15) is 0 Å². The van der Waals surface area contributed by atoms with Crippen molar-refractivity contribution in [2.75, 3.05) is 5.32 Å². The molecule has 0 unspecified atom stereocenters. The molecule has 0 spiro atoms. The summed E-state index contributed by atoms with van der Waals surface area (Å²) in [7, 11) is 0. The Balaban J connectivity index is 2.54. The number of carbonyl (C=O) groups excluding carboxylic acids is 1. The molecule has 2 heterocycles. The maximum atomic E-state index is 10.1. The van der Waals surface area contributed by atoms with Crippen molar-refractivity contribution in [1.82, 2.24) is 4.98 Å². The minimum absolute atomic E-state index is 0.671. The van der Waals surface area contributed by atoms with Crippen molar-refractivity contribution in [3.63, 3.8) is 0 Å². The summed E-state index contributed by atoms with van der Waals surface area (Å²) in [6, 6.07) is 5.71. The Kier molecular flexibility index (Phi) is 1.75. The van der Waals surface area contributed by atoms with E-state index in [2.05, 4.69) is 10.3 Å². The Labute approximate surface area is 73.0 Å². The zero-order chi connectivity index (χ0) is 8.39. The number of carbonyl (C=O) groups is 1. The van der Waals surface area contributed by atoms with E-state index >= 15 is 0 Å². The Morgan fingerprint density at radius 1 is 1.58 bits per heavy atom. The number of nitrogens with zero attached hydrogens (tertiary/aromatic N) is 1. The minimum Gasteiger partial charge on any atom is -0.320 e. The number of anilines is 1. The van der Waals surface area contributed by atoms with Crippen LogP contribution in [0.3, 0.4) is 0 Å². The predicted molar refractivity (Wildman–Crippen MR) is 49.3 cm³/mol. The lowest BCUT2D eigenvalue weighted by molar-refractivity contribution is -0.105. The Bertz CT molecular complexity index is 377. The van der Waals surface area contributed by atoms with Crippen LogP contribution in [0.5, 0.6) is 0 Å². The van der Waals surface area contributed by atoms with Gasteiger partial charge in [-0.25, -0.2) is 0 Å². The number of nitrogens with one attached hydrogen (secondary N) is 1. The molecule has 0 saturated carbocycles. The monoisotopic (exact) mass is 178 g/mol. The summed E-state index contributed by atoms with van der Waals surface area (Å²) in [5, 5.41) is 3.43. The first kappa shape index (κ1) is 7.24. The van der Waals surface area contributed by atoms with E-state index in [1.165, 1.54) is 11.3 Å². The second kappa shape index (κ2) is 2.91. The highest BCUT2D eigenvalue weighted by molar-refractivity contribution is 7.22. The zero-order valence-corrected chi connectivity index (χ0v) is 6.97. The van der Waals surface area contributed by atoms with Gasteiger partial charge in [0.05, 0.1) is 15.2 Å². The molecule has 2 rings (SSSR count). The summed E-state index contributed by atoms with van der Waals surface area (Å²) in [6.45, 7) is 0. The summed E-state index contributed by atoms with van der Waals surface area (Å²) >= 11 is 1.52. The van der Waals surface area contributed by atoms with Gasteiger partial charge in [-0.3, -0.25) is 9.78 Å². The number of thiophene rings is 1. The molecule has 12 heavy (non-hydrogen) atoms. The molecule has 4 heteroatoms. The Morgan fingerprint density at radius 3 is 3.25 bits per heavy atom. The molecule has 0 bridgehead atoms. The molecule has 60 valence electrons. The lowest BCUT2D eigenvalue weighted by atomic mass is 10.4. The fourth-order valence-electron chi connectivity index (χ4n) is 0.999. The largest absolute Gasteiger partial charge is 0.320 e. The van der Waals surface area contributed by atoms with Gasteiger partial charge in [0.2, 0.25) is 6.41 Å². The quantitative estimate of drug-likeness (QED) is 0.713. The van der Waals surface area contributed by atoms with Gasteiger partial charge in [-0.15, -0.1) is 11.3 Å². The molecule has 1 N–H and O–H groups in total. The average molecular weight is 178 g/mol. The number of aromatic nitrogens is 1. The summed E-state index contributed by atoms with van der Waals surface area (Å²) < 4.78 is 1.09.